The maximum atomic E-state index is 12.1. The molecule has 1 fully saturated rings. The molecule has 1 aliphatic heterocycles. The van der Waals surface area contributed by atoms with E-state index in [2.05, 4.69) is 25.5 Å². The third kappa shape index (κ3) is 5.52. The van der Waals surface area contributed by atoms with Gasteiger partial charge in [-0.05, 0) is 30.7 Å². The van der Waals surface area contributed by atoms with Gasteiger partial charge < -0.3 is 20.1 Å². The molecule has 3 heterocycles. The number of methoxy groups -OCH3 is 1. The molecule has 0 aliphatic carbocycles. The van der Waals surface area contributed by atoms with Crippen LogP contribution < -0.4 is 15.4 Å². The van der Waals surface area contributed by atoms with Crippen molar-refractivity contribution in [2.24, 2.45) is 0 Å². The van der Waals surface area contributed by atoms with Crippen LogP contribution in [0.1, 0.15) is 23.6 Å². The Labute approximate surface area is 188 Å². The molecule has 168 valence electrons. The van der Waals surface area contributed by atoms with Crippen molar-refractivity contribution < 1.29 is 14.3 Å². The molecule has 8 heteroatoms. The number of aromatic nitrogens is 2. The van der Waals surface area contributed by atoms with Crippen molar-refractivity contribution in [1.82, 2.24) is 25.5 Å². The van der Waals surface area contributed by atoms with Gasteiger partial charge in [0.25, 0.3) is 0 Å². The van der Waals surface area contributed by atoms with Gasteiger partial charge in [-0.25, -0.2) is 9.78 Å². The van der Waals surface area contributed by atoms with Gasteiger partial charge in [0.1, 0.15) is 6.61 Å². The molecular weight excluding hydrogens is 406 g/mol. The number of alkyl carbamates (subject to hydrolysis) is 1. The topological polar surface area (TPSA) is 88.6 Å². The molecule has 4 rings (SSSR count). The summed E-state index contributed by atoms with van der Waals surface area (Å²) in [5.41, 5.74) is 3.76. The minimum Gasteiger partial charge on any atom is -0.481 e. The molecule has 1 saturated heterocycles. The lowest BCUT2D eigenvalue weighted by atomic mass is 10.0. The molecule has 0 radical (unpaired) electrons. The van der Waals surface area contributed by atoms with Crippen molar-refractivity contribution in [3.63, 3.8) is 0 Å². The number of carbonyl (C=O) groups is 1. The number of ether oxygens (including phenoxy) is 2. The molecule has 1 atom stereocenters. The lowest BCUT2D eigenvalue weighted by molar-refractivity contribution is 0.136. The van der Waals surface area contributed by atoms with Crippen LogP contribution in [0.25, 0.3) is 11.0 Å². The normalized spacial score (nSPS) is 17.0. The van der Waals surface area contributed by atoms with Crippen molar-refractivity contribution >= 4 is 17.1 Å². The van der Waals surface area contributed by atoms with Gasteiger partial charge in [-0.2, -0.15) is 0 Å². The summed E-state index contributed by atoms with van der Waals surface area (Å²) in [5.74, 6) is 0.572. The van der Waals surface area contributed by atoms with E-state index >= 15 is 0 Å². The number of nitrogens with one attached hydrogen (secondary N) is 2. The second-order valence-electron chi connectivity index (χ2n) is 7.72. The van der Waals surface area contributed by atoms with Gasteiger partial charge >= 0.3 is 6.09 Å². The van der Waals surface area contributed by atoms with Gasteiger partial charge in [0, 0.05) is 50.0 Å². The van der Waals surface area contributed by atoms with Crippen molar-refractivity contribution in [2.75, 3.05) is 39.8 Å². The Morgan fingerprint density at radius 3 is 2.94 bits per heavy atom. The van der Waals surface area contributed by atoms with E-state index in [1.54, 1.807) is 7.11 Å². The van der Waals surface area contributed by atoms with E-state index in [0.29, 0.717) is 19.0 Å². The van der Waals surface area contributed by atoms with Gasteiger partial charge in [-0.3, -0.25) is 9.88 Å². The SMILES string of the molecule is COc1ccc2nccc(C3CNCCCN3CCNC(=O)OCc3ccccc3)c2n1. The molecule has 3 aromatic rings. The molecule has 2 aromatic heterocycles. The van der Waals surface area contributed by atoms with Crippen LogP contribution >= 0.6 is 0 Å². The van der Waals surface area contributed by atoms with Crippen LogP contribution in [0.5, 0.6) is 5.88 Å². The van der Waals surface area contributed by atoms with Gasteiger partial charge in [0.2, 0.25) is 5.88 Å². The molecule has 1 amide bonds. The predicted molar refractivity (Wildman–Crippen MR) is 123 cm³/mol. The first-order chi connectivity index (χ1) is 15.7. The van der Waals surface area contributed by atoms with E-state index in [1.807, 2.05) is 54.7 Å². The molecule has 0 spiro atoms. The second kappa shape index (κ2) is 10.9. The molecule has 2 N–H and O–H groups in total. The number of carbonyl (C=O) groups excluding carboxylic acids is 1. The second-order valence-corrected chi connectivity index (χ2v) is 7.72. The molecule has 1 aliphatic rings. The maximum Gasteiger partial charge on any atom is 0.407 e. The average molecular weight is 436 g/mol. The fourth-order valence-electron chi connectivity index (χ4n) is 3.99. The highest BCUT2D eigenvalue weighted by molar-refractivity contribution is 5.78. The van der Waals surface area contributed by atoms with Crippen molar-refractivity contribution in [3.8, 4) is 5.88 Å². The number of benzene rings is 1. The quantitative estimate of drug-likeness (QED) is 0.590. The zero-order chi connectivity index (χ0) is 22.2. The lowest BCUT2D eigenvalue weighted by Crippen LogP contribution is -2.39. The molecule has 0 saturated carbocycles. The zero-order valence-electron chi connectivity index (χ0n) is 18.3. The molecule has 32 heavy (non-hydrogen) atoms. The summed E-state index contributed by atoms with van der Waals surface area (Å²) in [7, 11) is 1.62. The standard InChI is InChI=1S/C24H29N5O3/c1-31-22-9-8-20-23(28-22)19(10-12-26-20)21-16-25-11-5-14-29(21)15-13-27-24(30)32-17-18-6-3-2-4-7-18/h2-4,6-10,12,21,25H,5,11,13-17H2,1H3,(H,27,30). The Hall–Kier alpha value is -3.23. The van der Waals surface area contributed by atoms with Gasteiger partial charge in [-0.15, -0.1) is 0 Å². The van der Waals surface area contributed by atoms with Gasteiger partial charge in [-0.1, -0.05) is 30.3 Å². The predicted octanol–water partition coefficient (Wildman–Crippen LogP) is 2.90. The highest BCUT2D eigenvalue weighted by Gasteiger charge is 2.25. The molecular formula is C24H29N5O3. The monoisotopic (exact) mass is 435 g/mol. The Morgan fingerprint density at radius 1 is 1.22 bits per heavy atom. The number of hydrogen-bond donors (Lipinski definition) is 2. The van der Waals surface area contributed by atoms with Crippen LogP contribution in [0.2, 0.25) is 0 Å². The van der Waals surface area contributed by atoms with E-state index in [9.17, 15) is 4.79 Å². The number of amides is 1. The number of fused-ring (bicyclic) bond motifs is 1. The third-order valence-electron chi connectivity index (χ3n) is 5.62. The van der Waals surface area contributed by atoms with Crippen LogP contribution in [0.3, 0.4) is 0 Å². The lowest BCUT2D eigenvalue weighted by Gasteiger charge is -2.30. The first-order valence-corrected chi connectivity index (χ1v) is 10.9. The summed E-state index contributed by atoms with van der Waals surface area (Å²) in [5, 5.41) is 6.40. The van der Waals surface area contributed by atoms with Crippen molar-refractivity contribution in [1.29, 1.82) is 0 Å². The Morgan fingerprint density at radius 2 is 2.09 bits per heavy atom. The van der Waals surface area contributed by atoms with E-state index in [1.165, 1.54) is 0 Å². The van der Waals surface area contributed by atoms with E-state index < -0.39 is 6.09 Å². The minimum absolute atomic E-state index is 0.116. The summed E-state index contributed by atoms with van der Waals surface area (Å²) < 4.78 is 10.7. The highest BCUT2D eigenvalue weighted by Crippen LogP contribution is 2.28. The Kier molecular flexibility index (Phi) is 7.47. The fourth-order valence-corrected chi connectivity index (χ4v) is 3.99. The number of hydrogen-bond acceptors (Lipinski definition) is 7. The van der Waals surface area contributed by atoms with Crippen LogP contribution in [-0.2, 0) is 11.3 Å². The summed E-state index contributed by atoms with van der Waals surface area (Å²) >= 11 is 0. The van der Waals surface area contributed by atoms with Crippen LogP contribution in [0, 0.1) is 0 Å². The number of pyridine rings is 2. The molecule has 0 bridgehead atoms. The number of rotatable bonds is 7. The van der Waals surface area contributed by atoms with Gasteiger partial charge in [0.05, 0.1) is 18.1 Å². The smallest absolute Gasteiger partial charge is 0.407 e. The summed E-state index contributed by atoms with van der Waals surface area (Å²) in [6.45, 7) is 4.16. The fraction of sp³-hybridized carbons (Fsp3) is 0.375. The highest BCUT2D eigenvalue weighted by atomic mass is 16.5. The number of nitrogens with zero attached hydrogens (tertiary/aromatic N) is 3. The maximum absolute atomic E-state index is 12.1. The zero-order valence-corrected chi connectivity index (χ0v) is 18.3. The van der Waals surface area contributed by atoms with Crippen molar-refractivity contribution in [2.45, 2.75) is 19.1 Å². The summed E-state index contributed by atoms with van der Waals surface area (Å²) in [4.78, 5) is 23.6. The van der Waals surface area contributed by atoms with Crippen molar-refractivity contribution in [3.05, 3.63) is 65.9 Å². The largest absolute Gasteiger partial charge is 0.481 e. The third-order valence-corrected chi connectivity index (χ3v) is 5.62. The first-order valence-electron chi connectivity index (χ1n) is 10.9. The minimum atomic E-state index is -0.404. The van der Waals surface area contributed by atoms with E-state index in [-0.39, 0.29) is 12.6 Å². The molecule has 1 unspecified atom stereocenters. The first kappa shape index (κ1) is 22.0. The Balaban J connectivity index is 1.41. The molecule has 8 nitrogen and oxygen atoms in total. The van der Waals surface area contributed by atoms with E-state index in [4.69, 9.17) is 9.47 Å². The Bertz CT molecular complexity index is 1030. The van der Waals surface area contributed by atoms with Crippen LogP contribution in [0.4, 0.5) is 4.79 Å². The van der Waals surface area contributed by atoms with Gasteiger partial charge in [0.15, 0.2) is 0 Å². The average Bonchev–Trinajstić information content (AvgIpc) is 3.08. The molecule has 1 aromatic carbocycles. The van der Waals surface area contributed by atoms with Crippen LogP contribution in [0.15, 0.2) is 54.7 Å². The van der Waals surface area contributed by atoms with Crippen LogP contribution in [-0.4, -0.2) is 60.8 Å². The summed E-state index contributed by atoms with van der Waals surface area (Å²) in [6, 6.07) is 15.6. The van der Waals surface area contributed by atoms with E-state index in [0.717, 1.165) is 48.2 Å². The summed E-state index contributed by atoms with van der Waals surface area (Å²) in [6.07, 6.45) is 2.46.